The molecule has 1 aromatic heterocycles. The summed E-state index contributed by atoms with van der Waals surface area (Å²) >= 11 is 0. The van der Waals surface area contributed by atoms with E-state index in [1.54, 1.807) is 0 Å². The maximum absolute atomic E-state index is 12.9. The molecule has 4 nitrogen and oxygen atoms in total. The highest BCUT2D eigenvalue weighted by atomic mass is 19.1. The van der Waals surface area contributed by atoms with E-state index in [1.165, 1.54) is 6.20 Å². The second kappa shape index (κ2) is 5.81. The topological polar surface area (TPSA) is 60.9 Å². The van der Waals surface area contributed by atoms with E-state index in [0.717, 1.165) is 21.4 Å². The molecule has 0 bridgehead atoms. The van der Waals surface area contributed by atoms with E-state index < -0.39 is 12.7 Å². The number of halogens is 1. The Morgan fingerprint density at radius 3 is 2.32 bits per heavy atom. The first-order chi connectivity index (χ1) is 10.7. The van der Waals surface area contributed by atoms with E-state index in [-0.39, 0.29) is 5.56 Å². The second-order valence-corrected chi connectivity index (χ2v) is 4.83. The summed E-state index contributed by atoms with van der Waals surface area (Å²) < 4.78 is 13.9. The SMILES string of the molecule is NC(=O)c1cn(CF)nc1-c1ccccc1-c1ccccc1. The van der Waals surface area contributed by atoms with Gasteiger partial charge in [-0.05, 0) is 11.1 Å². The van der Waals surface area contributed by atoms with Crippen LogP contribution in [-0.2, 0) is 6.80 Å². The van der Waals surface area contributed by atoms with Crippen molar-refractivity contribution < 1.29 is 9.18 Å². The fourth-order valence-corrected chi connectivity index (χ4v) is 2.42. The first-order valence-electron chi connectivity index (χ1n) is 6.78. The fraction of sp³-hybridized carbons (Fsp3) is 0.0588. The Labute approximate surface area is 127 Å². The Balaban J connectivity index is 2.22. The van der Waals surface area contributed by atoms with E-state index in [0.29, 0.717) is 5.69 Å². The van der Waals surface area contributed by atoms with Crippen molar-refractivity contribution in [3.63, 3.8) is 0 Å². The Bertz CT molecular complexity index is 812. The molecule has 2 N–H and O–H groups in total. The van der Waals surface area contributed by atoms with Gasteiger partial charge in [-0.1, -0.05) is 54.6 Å². The predicted octanol–water partition coefficient (Wildman–Crippen LogP) is 3.24. The highest BCUT2D eigenvalue weighted by molar-refractivity contribution is 6.00. The normalized spacial score (nSPS) is 10.6. The number of hydrogen-bond donors (Lipinski definition) is 1. The van der Waals surface area contributed by atoms with Crippen LogP contribution >= 0.6 is 0 Å². The lowest BCUT2D eigenvalue weighted by atomic mass is 9.96. The van der Waals surface area contributed by atoms with Gasteiger partial charge in [-0.15, -0.1) is 0 Å². The molecule has 0 aliphatic rings. The van der Waals surface area contributed by atoms with Crippen molar-refractivity contribution in [2.45, 2.75) is 6.80 Å². The summed E-state index contributed by atoms with van der Waals surface area (Å²) in [6.45, 7) is -0.812. The average molecular weight is 295 g/mol. The number of aromatic nitrogens is 2. The van der Waals surface area contributed by atoms with Crippen LogP contribution in [0, 0.1) is 0 Å². The number of carbonyl (C=O) groups excluding carboxylic acids is 1. The third-order valence-corrected chi connectivity index (χ3v) is 3.42. The number of alkyl halides is 1. The summed E-state index contributed by atoms with van der Waals surface area (Å²) in [4.78, 5) is 11.6. The lowest BCUT2D eigenvalue weighted by Crippen LogP contribution is -2.11. The van der Waals surface area contributed by atoms with Gasteiger partial charge < -0.3 is 5.73 Å². The van der Waals surface area contributed by atoms with Crippen LogP contribution in [0.3, 0.4) is 0 Å². The third-order valence-electron chi connectivity index (χ3n) is 3.42. The molecule has 1 amide bonds. The molecule has 2 aromatic carbocycles. The summed E-state index contributed by atoms with van der Waals surface area (Å²) in [5.74, 6) is -0.627. The summed E-state index contributed by atoms with van der Waals surface area (Å²) in [6.07, 6.45) is 1.33. The van der Waals surface area contributed by atoms with Crippen molar-refractivity contribution in [3.8, 4) is 22.4 Å². The summed E-state index contributed by atoms with van der Waals surface area (Å²) in [5.41, 5.74) is 8.64. The zero-order valence-electron chi connectivity index (χ0n) is 11.7. The average Bonchev–Trinajstić information content (AvgIpc) is 3.00. The van der Waals surface area contributed by atoms with Crippen LogP contribution in [0.4, 0.5) is 4.39 Å². The maximum Gasteiger partial charge on any atom is 0.252 e. The monoisotopic (exact) mass is 295 g/mol. The first-order valence-corrected chi connectivity index (χ1v) is 6.78. The predicted molar refractivity (Wildman–Crippen MR) is 82.7 cm³/mol. The fourth-order valence-electron chi connectivity index (χ4n) is 2.42. The Morgan fingerprint density at radius 2 is 1.68 bits per heavy atom. The number of amides is 1. The number of rotatable bonds is 4. The largest absolute Gasteiger partial charge is 0.365 e. The molecule has 22 heavy (non-hydrogen) atoms. The zero-order chi connectivity index (χ0) is 15.5. The third kappa shape index (κ3) is 2.48. The Kier molecular flexibility index (Phi) is 3.70. The van der Waals surface area contributed by atoms with Crippen LogP contribution in [0.25, 0.3) is 22.4 Å². The van der Waals surface area contributed by atoms with E-state index >= 15 is 0 Å². The van der Waals surface area contributed by atoms with Gasteiger partial charge in [0.25, 0.3) is 5.91 Å². The molecule has 5 heteroatoms. The first kappa shape index (κ1) is 14.0. The molecule has 3 rings (SSSR count). The number of carbonyl (C=O) groups is 1. The minimum absolute atomic E-state index is 0.209. The number of primary amides is 1. The van der Waals surface area contributed by atoms with Gasteiger partial charge in [0.1, 0.15) is 5.69 Å². The van der Waals surface area contributed by atoms with Crippen molar-refractivity contribution >= 4 is 5.91 Å². The summed E-state index contributed by atoms with van der Waals surface area (Å²) in [6, 6.07) is 17.3. The lowest BCUT2D eigenvalue weighted by molar-refractivity contribution is 0.100. The second-order valence-electron chi connectivity index (χ2n) is 4.83. The van der Waals surface area contributed by atoms with Gasteiger partial charge in [-0.3, -0.25) is 4.79 Å². The van der Waals surface area contributed by atoms with E-state index in [4.69, 9.17) is 5.73 Å². The van der Waals surface area contributed by atoms with Crippen LogP contribution in [0.15, 0.2) is 60.8 Å². The van der Waals surface area contributed by atoms with Gasteiger partial charge in [0.05, 0.1) is 5.56 Å². The molecule has 0 aliphatic carbocycles. The molecule has 0 fully saturated rings. The zero-order valence-corrected chi connectivity index (χ0v) is 11.7. The molecule has 1 heterocycles. The number of benzene rings is 2. The smallest absolute Gasteiger partial charge is 0.252 e. The number of hydrogen-bond acceptors (Lipinski definition) is 2. The van der Waals surface area contributed by atoms with Gasteiger partial charge >= 0.3 is 0 Å². The quantitative estimate of drug-likeness (QED) is 0.803. The van der Waals surface area contributed by atoms with Gasteiger partial charge in [0.15, 0.2) is 6.80 Å². The van der Waals surface area contributed by atoms with E-state index in [2.05, 4.69) is 5.10 Å². The van der Waals surface area contributed by atoms with Gasteiger partial charge in [-0.2, -0.15) is 5.10 Å². The molecule has 0 radical (unpaired) electrons. The minimum atomic E-state index is -0.812. The van der Waals surface area contributed by atoms with Gasteiger partial charge in [-0.25, -0.2) is 9.07 Å². The van der Waals surface area contributed by atoms with Crippen LogP contribution in [0.1, 0.15) is 10.4 Å². The van der Waals surface area contributed by atoms with Gasteiger partial charge in [0.2, 0.25) is 0 Å². The van der Waals surface area contributed by atoms with Crippen molar-refractivity contribution in [1.82, 2.24) is 9.78 Å². The Hall–Kier alpha value is -2.95. The molecule has 0 saturated heterocycles. The molecule has 0 unspecified atom stereocenters. The van der Waals surface area contributed by atoms with E-state index in [9.17, 15) is 9.18 Å². The molecule has 0 aliphatic heterocycles. The van der Waals surface area contributed by atoms with Crippen molar-refractivity contribution in [3.05, 3.63) is 66.4 Å². The molecule has 3 aromatic rings. The van der Waals surface area contributed by atoms with Crippen molar-refractivity contribution in [2.75, 3.05) is 0 Å². The maximum atomic E-state index is 12.9. The molecule has 0 saturated carbocycles. The Morgan fingerprint density at radius 1 is 1.05 bits per heavy atom. The highest BCUT2D eigenvalue weighted by Gasteiger charge is 2.18. The molecule has 110 valence electrons. The van der Waals surface area contributed by atoms with Crippen LogP contribution in [0.2, 0.25) is 0 Å². The molecule has 0 atom stereocenters. The highest BCUT2D eigenvalue weighted by Crippen LogP contribution is 2.32. The standard InChI is InChI=1S/C17H14FN3O/c18-11-21-10-15(17(19)22)16(20-21)14-9-5-4-8-13(14)12-6-2-1-3-7-12/h1-10H,11H2,(H2,19,22). The van der Waals surface area contributed by atoms with E-state index in [1.807, 2.05) is 54.6 Å². The summed E-state index contributed by atoms with van der Waals surface area (Å²) in [5, 5.41) is 4.15. The molecular weight excluding hydrogens is 281 g/mol. The van der Waals surface area contributed by atoms with Crippen LogP contribution < -0.4 is 5.73 Å². The molecular formula is C17H14FN3O. The minimum Gasteiger partial charge on any atom is -0.365 e. The van der Waals surface area contributed by atoms with Crippen molar-refractivity contribution in [2.24, 2.45) is 5.73 Å². The van der Waals surface area contributed by atoms with Crippen LogP contribution in [0.5, 0.6) is 0 Å². The number of nitrogens with two attached hydrogens (primary N) is 1. The lowest BCUT2D eigenvalue weighted by Gasteiger charge is -2.08. The number of nitrogens with zero attached hydrogens (tertiary/aromatic N) is 2. The van der Waals surface area contributed by atoms with Gasteiger partial charge in [0, 0.05) is 11.8 Å². The van der Waals surface area contributed by atoms with Crippen LogP contribution in [-0.4, -0.2) is 15.7 Å². The van der Waals surface area contributed by atoms with Crippen molar-refractivity contribution in [1.29, 1.82) is 0 Å². The summed E-state index contributed by atoms with van der Waals surface area (Å²) in [7, 11) is 0. The molecule has 0 spiro atoms.